The van der Waals surface area contributed by atoms with Crippen molar-refractivity contribution in [2.75, 3.05) is 16.8 Å². The van der Waals surface area contributed by atoms with E-state index in [1.807, 2.05) is 45.0 Å². The van der Waals surface area contributed by atoms with Crippen LogP contribution in [0.4, 0.5) is 11.4 Å². The first kappa shape index (κ1) is 19.9. The van der Waals surface area contributed by atoms with E-state index < -0.39 is 17.4 Å². The average molecular weight is 450 g/mol. The van der Waals surface area contributed by atoms with Crippen molar-refractivity contribution in [2.45, 2.75) is 45.2 Å². The lowest BCUT2D eigenvalue weighted by Gasteiger charge is -2.36. The van der Waals surface area contributed by atoms with Crippen molar-refractivity contribution in [3.63, 3.8) is 0 Å². The predicted molar refractivity (Wildman–Crippen MR) is 122 cm³/mol. The summed E-state index contributed by atoms with van der Waals surface area (Å²) in [5, 5.41) is 3.59. The van der Waals surface area contributed by atoms with Gasteiger partial charge in [0, 0.05) is 16.6 Å². The molecule has 6 rings (SSSR count). The van der Waals surface area contributed by atoms with Crippen molar-refractivity contribution < 1.29 is 14.4 Å². The summed E-state index contributed by atoms with van der Waals surface area (Å²) < 4.78 is 0. The fourth-order valence-corrected chi connectivity index (χ4v) is 6.67. The van der Waals surface area contributed by atoms with Gasteiger partial charge in [-0.3, -0.25) is 19.3 Å². The number of imide groups is 1. The molecular weight excluding hydrogens is 426 g/mol. The first-order valence-corrected chi connectivity index (χ1v) is 11.5. The van der Waals surface area contributed by atoms with E-state index in [1.54, 1.807) is 6.07 Å². The Labute approximate surface area is 191 Å². The van der Waals surface area contributed by atoms with Crippen LogP contribution in [0.15, 0.2) is 30.3 Å². The molecule has 3 saturated heterocycles. The summed E-state index contributed by atoms with van der Waals surface area (Å²) in [6.07, 6.45) is 1.70. The Morgan fingerprint density at radius 2 is 1.81 bits per heavy atom. The Kier molecular flexibility index (Phi) is 4.00. The van der Waals surface area contributed by atoms with Crippen molar-refractivity contribution >= 4 is 40.7 Å². The first-order valence-electron chi connectivity index (χ1n) is 11.1. The number of halogens is 1. The summed E-state index contributed by atoms with van der Waals surface area (Å²) in [6.45, 7) is 6.53. The first-order chi connectivity index (χ1) is 15.3. The topological polar surface area (TPSA) is 69.7 Å². The number of nitrogens with zero attached hydrogens (tertiary/aromatic N) is 2. The highest BCUT2D eigenvalue weighted by molar-refractivity contribution is 6.32. The quantitative estimate of drug-likeness (QED) is 0.674. The number of anilines is 2. The third kappa shape index (κ3) is 2.17. The number of nitrogens with one attached hydrogen (secondary N) is 1. The molecule has 2 aromatic carbocycles. The van der Waals surface area contributed by atoms with E-state index in [0.717, 1.165) is 35.1 Å². The standard InChI is InChI=1S/C25H24ClN3O3/c1-12-6-7-15(11-13(12)2)29-22(30)19-18-5-4-10-28(18)25(20(19)23(29)31)16-8-9-17(26)14(3)21(16)27-24(25)32/h6-9,11,18-20H,4-5,10H2,1-3H3,(H,27,32). The van der Waals surface area contributed by atoms with Crippen LogP contribution >= 0.6 is 11.6 Å². The van der Waals surface area contributed by atoms with Gasteiger partial charge in [0.1, 0.15) is 5.54 Å². The lowest BCUT2D eigenvalue weighted by molar-refractivity contribution is -0.135. The second-order valence-electron chi connectivity index (χ2n) is 9.50. The maximum atomic E-state index is 14.0. The summed E-state index contributed by atoms with van der Waals surface area (Å²) >= 11 is 6.35. The summed E-state index contributed by atoms with van der Waals surface area (Å²) in [4.78, 5) is 44.9. The van der Waals surface area contributed by atoms with Crippen LogP contribution in [0.2, 0.25) is 5.02 Å². The van der Waals surface area contributed by atoms with E-state index in [-0.39, 0.29) is 23.8 Å². The van der Waals surface area contributed by atoms with Crippen LogP contribution in [-0.2, 0) is 19.9 Å². The van der Waals surface area contributed by atoms with Crippen LogP contribution < -0.4 is 10.2 Å². The molecule has 4 aliphatic heterocycles. The van der Waals surface area contributed by atoms with Gasteiger partial charge in [0.05, 0.1) is 23.2 Å². The van der Waals surface area contributed by atoms with E-state index >= 15 is 0 Å². The van der Waals surface area contributed by atoms with Gasteiger partial charge < -0.3 is 5.32 Å². The number of hydrogen-bond acceptors (Lipinski definition) is 4. The van der Waals surface area contributed by atoms with E-state index in [9.17, 15) is 14.4 Å². The monoisotopic (exact) mass is 449 g/mol. The van der Waals surface area contributed by atoms with E-state index in [1.165, 1.54) is 4.90 Å². The molecule has 164 valence electrons. The molecule has 2 aromatic rings. The molecule has 32 heavy (non-hydrogen) atoms. The number of fused-ring (bicyclic) bond motifs is 7. The highest BCUT2D eigenvalue weighted by atomic mass is 35.5. The van der Waals surface area contributed by atoms with Gasteiger partial charge in [-0.25, -0.2) is 4.90 Å². The SMILES string of the molecule is Cc1ccc(N2C(=O)C3C4CCCN4C4(C(=O)Nc5c4ccc(Cl)c5C)C3C2=O)cc1C. The van der Waals surface area contributed by atoms with Crippen molar-refractivity contribution in [1.82, 2.24) is 4.90 Å². The number of amides is 3. The van der Waals surface area contributed by atoms with Gasteiger partial charge in [-0.1, -0.05) is 23.7 Å². The molecule has 1 spiro atoms. The van der Waals surface area contributed by atoms with Crippen LogP contribution in [0.5, 0.6) is 0 Å². The molecule has 4 heterocycles. The predicted octanol–water partition coefficient (Wildman–Crippen LogP) is 3.70. The molecule has 4 aliphatic rings. The van der Waals surface area contributed by atoms with E-state index in [4.69, 9.17) is 11.6 Å². The Hall–Kier alpha value is -2.70. The van der Waals surface area contributed by atoms with Gasteiger partial charge >= 0.3 is 0 Å². The lowest BCUT2D eigenvalue weighted by Crippen LogP contribution is -2.54. The maximum absolute atomic E-state index is 14.0. The van der Waals surface area contributed by atoms with Crippen molar-refractivity contribution in [2.24, 2.45) is 11.8 Å². The Balaban J connectivity index is 1.56. The molecule has 3 amide bonds. The molecule has 3 fully saturated rings. The number of rotatable bonds is 1. The van der Waals surface area contributed by atoms with Crippen LogP contribution in [-0.4, -0.2) is 35.2 Å². The van der Waals surface area contributed by atoms with Gasteiger partial charge in [-0.2, -0.15) is 0 Å². The molecule has 0 aliphatic carbocycles. The molecule has 4 unspecified atom stereocenters. The summed E-state index contributed by atoms with van der Waals surface area (Å²) in [5.74, 6) is -1.97. The molecule has 0 radical (unpaired) electrons. The summed E-state index contributed by atoms with van der Waals surface area (Å²) in [5.41, 5.74) is 3.78. The maximum Gasteiger partial charge on any atom is 0.250 e. The zero-order chi connectivity index (χ0) is 22.5. The molecule has 0 bridgehead atoms. The van der Waals surface area contributed by atoms with Gasteiger partial charge in [0.15, 0.2) is 0 Å². The van der Waals surface area contributed by atoms with Crippen LogP contribution in [0, 0.1) is 32.6 Å². The largest absolute Gasteiger partial charge is 0.324 e. The van der Waals surface area contributed by atoms with Crippen LogP contribution in [0.1, 0.15) is 35.1 Å². The normalized spacial score (nSPS) is 30.8. The number of hydrogen-bond donors (Lipinski definition) is 1. The second-order valence-corrected chi connectivity index (χ2v) is 9.91. The van der Waals surface area contributed by atoms with Gasteiger partial charge in [0.2, 0.25) is 17.7 Å². The summed E-state index contributed by atoms with van der Waals surface area (Å²) in [7, 11) is 0. The number of aryl methyl sites for hydroxylation is 2. The lowest BCUT2D eigenvalue weighted by atomic mass is 9.75. The molecule has 0 aromatic heterocycles. The molecule has 6 nitrogen and oxygen atoms in total. The number of carbonyl (C=O) groups is 3. The molecule has 4 atom stereocenters. The molecule has 1 N–H and O–H groups in total. The third-order valence-corrected chi connectivity index (χ3v) is 8.52. The highest BCUT2D eigenvalue weighted by Crippen LogP contribution is 2.61. The van der Waals surface area contributed by atoms with Crippen LogP contribution in [0.3, 0.4) is 0 Å². The minimum absolute atomic E-state index is 0.124. The number of carbonyl (C=O) groups excluding carboxylic acids is 3. The second kappa shape index (κ2) is 6.42. The van der Waals surface area contributed by atoms with Gasteiger partial charge in [0.25, 0.3) is 0 Å². The minimum atomic E-state index is -1.17. The minimum Gasteiger partial charge on any atom is -0.324 e. The van der Waals surface area contributed by atoms with E-state index in [2.05, 4.69) is 10.2 Å². The Morgan fingerprint density at radius 3 is 2.56 bits per heavy atom. The fourth-order valence-electron chi connectivity index (χ4n) is 6.51. The smallest absolute Gasteiger partial charge is 0.250 e. The third-order valence-electron chi connectivity index (χ3n) is 8.11. The van der Waals surface area contributed by atoms with Crippen molar-refractivity contribution in [3.05, 3.63) is 57.6 Å². The van der Waals surface area contributed by atoms with Crippen molar-refractivity contribution in [3.8, 4) is 0 Å². The zero-order valence-electron chi connectivity index (χ0n) is 18.2. The van der Waals surface area contributed by atoms with E-state index in [0.29, 0.717) is 22.9 Å². The Morgan fingerprint density at radius 1 is 1.03 bits per heavy atom. The molecule has 7 heteroatoms. The average Bonchev–Trinajstić information content (AvgIpc) is 3.46. The summed E-state index contributed by atoms with van der Waals surface area (Å²) in [6, 6.07) is 9.17. The fraction of sp³-hybridized carbons (Fsp3) is 0.400. The molecular formula is C25H24ClN3O3. The zero-order valence-corrected chi connectivity index (χ0v) is 19.0. The highest BCUT2D eigenvalue weighted by Gasteiger charge is 2.74. The van der Waals surface area contributed by atoms with Gasteiger partial charge in [-0.05, 0) is 75.0 Å². The van der Waals surface area contributed by atoms with Gasteiger partial charge in [-0.15, -0.1) is 0 Å². The Bertz CT molecular complexity index is 1240. The number of benzene rings is 2. The molecule has 0 saturated carbocycles. The van der Waals surface area contributed by atoms with Crippen LogP contribution in [0.25, 0.3) is 0 Å². The van der Waals surface area contributed by atoms with Crippen molar-refractivity contribution in [1.29, 1.82) is 0 Å².